The highest BCUT2D eigenvalue weighted by atomic mass is 32.2. The molecule has 0 aliphatic carbocycles. The number of carbonyl (C=O) groups excluding carboxylic acids is 2. The third kappa shape index (κ3) is 5.92. The second-order valence-corrected chi connectivity index (χ2v) is 10.9. The van der Waals surface area contributed by atoms with Crippen molar-refractivity contribution in [2.75, 3.05) is 6.26 Å². The summed E-state index contributed by atoms with van der Waals surface area (Å²) < 4.78 is 104. The van der Waals surface area contributed by atoms with E-state index in [-0.39, 0.29) is 33.1 Å². The van der Waals surface area contributed by atoms with Gasteiger partial charge < -0.3 is 0 Å². The quantitative estimate of drug-likeness (QED) is 0.343. The number of nitriles is 1. The number of nitrogens with one attached hydrogen (secondary N) is 1. The van der Waals surface area contributed by atoms with E-state index >= 15 is 0 Å². The van der Waals surface area contributed by atoms with Crippen molar-refractivity contribution in [3.8, 4) is 6.07 Å². The number of benzene rings is 2. The molecule has 1 fully saturated rings. The van der Waals surface area contributed by atoms with Gasteiger partial charge in [0.1, 0.15) is 6.07 Å². The Labute approximate surface area is 219 Å². The predicted molar refractivity (Wildman–Crippen MR) is 126 cm³/mol. The lowest BCUT2D eigenvalue weighted by atomic mass is 10.0. The second kappa shape index (κ2) is 9.70. The number of nitrogens with zero attached hydrogens (tertiary/aromatic N) is 4. The molecule has 1 aliphatic heterocycles. The van der Waals surface area contributed by atoms with Crippen molar-refractivity contribution in [2.24, 2.45) is 0 Å². The molecule has 204 valence electrons. The molecule has 17 heteroatoms. The van der Waals surface area contributed by atoms with Crippen LogP contribution >= 0.6 is 11.8 Å². The fourth-order valence-electron chi connectivity index (χ4n) is 3.67. The van der Waals surface area contributed by atoms with E-state index in [4.69, 9.17) is 0 Å². The van der Waals surface area contributed by atoms with Crippen LogP contribution in [0.4, 0.5) is 31.1 Å². The summed E-state index contributed by atoms with van der Waals surface area (Å²) in [6, 6.07) is 7.14. The first-order chi connectivity index (χ1) is 18.0. The number of imide groups is 1. The molecule has 1 N–H and O–H groups in total. The number of carbonyl (C=O) groups is 2. The highest BCUT2D eigenvalue weighted by molar-refractivity contribution is 8.18. The van der Waals surface area contributed by atoms with E-state index < -0.39 is 56.8 Å². The Morgan fingerprint density at radius 1 is 1.08 bits per heavy atom. The van der Waals surface area contributed by atoms with Crippen LogP contribution in [0.2, 0.25) is 0 Å². The summed E-state index contributed by atoms with van der Waals surface area (Å²) in [6.45, 7) is -0.611. The van der Waals surface area contributed by atoms with Crippen molar-refractivity contribution in [3.63, 3.8) is 0 Å². The Balaban J connectivity index is 1.72. The van der Waals surface area contributed by atoms with Gasteiger partial charge in [0.15, 0.2) is 5.69 Å². The molecule has 0 unspecified atom stereocenters. The zero-order valence-corrected chi connectivity index (χ0v) is 20.9. The Hall–Kier alpha value is -3.88. The molecule has 2 amide bonds. The third-order valence-electron chi connectivity index (χ3n) is 5.29. The van der Waals surface area contributed by atoms with E-state index in [0.717, 1.165) is 10.9 Å². The Morgan fingerprint density at radius 2 is 1.77 bits per heavy atom. The van der Waals surface area contributed by atoms with Gasteiger partial charge in [0.25, 0.3) is 5.91 Å². The molecule has 39 heavy (non-hydrogen) atoms. The maximum Gasteiger partial charge on any atom is 0.416 e. The molecule has 0 saturated carbocycles. The molecule has 0 atom stereocenters. The molecule has 0 radical (unpaired) electrons. The van der Waals surface area contributed by atoms with E-state index in [2.05, 4.69) is 5.10 Å². The van der Waals surface area contributed by atoms with Crippen LogP contribution < -0.4 is 4.83 Å². The number of hydrogen-bond acceptors (Lipinski definition) is 7. The molecule has 9 nitrogen and oxygen atoms in total. The van der Waals surface area contributed by atoms with Gasteiger partial charge in [-0.05, 0) is 53.2 Å². The first kappa shape index (κ1) is 28.1. The lowest BCUT2D eigenvalue weighted by Gasteiger charge is -2.16. The third-order valence-corrected chi connectivity index (χ3v) is 6.68. The molecule has 4 rings (SSSR count). The monoisotopic (exact) mass is 589 g/mol. The summed E-state index contributed by atoms with van der Waals surface area (Å²) in [5, 5.41) is 13.0. The van der Waals surface area contributed by atoms with E-state index in [1.54, 1.807) is 10.9 Å². The molecular weight excluding hydrogens is 576 g/mol. The zero-order chi connectivity index (χ0) is 28.9. The summed E-state index contributed by atoms with van der Waals surface area (Å²) in [6.07, 6.45) is -8.10. The van der Waals surface area contributed by atoms with E-state index in [0.29, 0.717) is 28.9 Å². The number of amides is 2. The van der Waals surface area contributed by atoms with Crippen LogP contribution in [0, 0.1) is 11.3 Å². The molecule has 0 bridgehead atoms. The summed E-state index contributed by atoms with van der Waals surface area (Å²) >= 11 is 0.445. The maximum absolute atomic E-state index is 13.6. The second-order valence-electron chi connectivity index (χ2n) is 8.14. The van der Waals surface area contributed by atoms with Crippen LogP contribution in [-0.4, -0.2) is 40.6 Å². The van der Waals surface area contributed by atoms with Crippen molar-refractivity contribution < 1.29 is 44.3 Å². The average molecular weight is 589 g/mol. The smallest absolute Gasteiger partial charge is 0.266 e. The van der Waals surface area contributed by atoms with Gasteiger partial charge >= 0.3 is 17.6 Å². The highest BCUT2D eigenvalue weighted by Crippen LogP contribution is 2.38. The molecule has 3 aromatic rings. The molecule has 0 spiro atoms. The Bertz CT molecular complexity index is 1700. The molecule has 2 heterocycles. The lowest BCUT2D eigenvalue weighted by molar-refractivity contribution is -0.143. The standard InChI is InChI=1S/C22H13F6N5O4S2/c1-39(36,37)31-33-19(34)18(38-20(33)35)7-11-2-5-17-14(6-11)16(9-29)30-32(17)10-12-3-4-13(21(23,24)25)8-15(12)22(26,27)28/h2-8,31H,10H2,1H3. The van der Waals surface area contributed by atoms with Crippen molar-refractivity contribution in [3.05, 3.63) is 69.3 Å². The predicted octanol–water partition coefficient (Wildman–Crippen LogP) is 4.49. The zero-order valence-electron chi connectivity index (χ0n) is 19.3. The number of halogens is 6. The maximum atomic E-state index is 13.6. The van der Waals surface area contributed by atoms with Crippen LogP contribution in [0.15, 0.2) is 41.3 Å². The Morgan fingerprint density at radius 3 is 2.36 bits per heavy atom. The number of aromatic nitrogens is 2. The van der Waals surface area contributed by atoms with Crippen molar-refractivity contribution in [1.29, 1.82) is 5.26 Å². The molecule has 1 aromatic heterocycles. The van der Waals surface area contributed by atoms with Gasteiger partial charge in [-0.15, -0.1) is 4.83 Å². The minimum absolute atomic E-state index is 0.00993. The largest absolute Gasteiger partial charge is 0.416 e. The molecule has 1 saturated heterocycles. The van der Waals surface area contributed by atoms with Gasteiger partial charge in [-0.25, -0.2) is 8.42 Å². The number of fused-ring (bicyclic) bond motifs is 1. The van der Waals surface area contributed by atoms with Crippen LogP contribution in [-0.2, 0) is 33.7 Å². The minimum atomic E-state index is -5.10. The number of sulfonamides is 1. The SMILES string of the molecule is CS(=O)(=O)NN1C(=O)SC(=Cc2ccc3c(c2)c(C#N)nn3Cc2ccc(C(F)(F)F)cc2C(F)(F)F)C1=O. The first-order valence-electron chi connectivity index (χ1n) is 10.4. The Kier molecular flexibility index (Phi) is 7.00. The summed E-state index contributed by atoms with van der Waals surface area (Å²) in [4.78, 5) is 26.1. The lowest BCUT2D eigenvalue weighted by Crippen LogP contribution is -2.44. The summed E-state index contributed by atoms with van der Waals surface area (Å²) in [5.41, 5.74) is -3.26. The van der Waals surface area contributed by atoms with Crippen molar-refractivity contribution >= 4 is 49.9 Å². The topological polar surface area (TPSA) is 125 Å². The highest BCUT2D eigenvalue weighted by Gasteiger charge is 2.39. The molecule has 1 aliphatic rings. The fourth-order valence-corrected chi connectivity index (χ4v) is 5.01. The number of hydrazine groups is 1. The number of thioether (sulfide) groups is 1. The molecular formula is C22H13F6N5O4S2. The fraction of sp³-hybridized carbons (Fsp3) is 0.182. The van der Waals surface area contributed by atoms with Crippen LogP contribution in [0.25, 0.3) is 17.0 Å². The van der Waals surface area contributed by atoms with Gasteiger partial charge in [-0.2, -0.15) is 41.7 Å². The van der Waals surface area contributed by atoms with Gasteiger partial charge in [0, 0.05) is 5.39 Å². The summed E-state index contributed by atoms with van der Waals surface area (Å²) in [7, 11) is -3.93. The van der Waals surface area contributed by atoms with Gasteiger partial charge in [0.2, 0.25) is 10.0 Å². The van der Waals surface area contributed by atoms with Gasteiger partial charge in [-0.1, -0.05) is 12.1 Å². The van der Waals surface area contributed by atoms with E-state index in [1.807, 2.05) is 0 Å². The summed E-state index contributed by atoms with van der Waals surface area (Å²) in [5.74, 6) is -0.950. The van der Waals surface area contributed by atoms with Crippen molar-refractivity contribution in [2.45, 2.75) is 18.9 Å². The first-order valence-corrected chi connectivity index (χ1v) is 13.1. The average Bonchev–Trinajstić information content (AvgIpc) is 3.28. The van der Waals surface area contributed by atoms with Gasteiger partial charge in [0.05, 0.1) is 34.3 Å². The van der Waals surface area contributed by atoms with Gasteiger partial charge in [-0.3, -0.25) is 14.3 Å². The van der Waals surface area contributed by atoms with Crippen LogP contribution in [0.3, 0.4) is 0 Å². The molecule has 2 aromatic carbocycles. The number of rotatable bonds is 5. The normalized spacial score (nSPS) is 15.9. The van der Waals surface area contributed by atoms with E-state index in [1.165, 1.54) is 24.3 Å². The van der Waals surface area contributed by atoms with E-state index in [9.17, 15) is 49.6 Å². The number of alkyl halides is 6. The van der Waals surface area contributed by atoms with Crippen LogP contribution in [0.5, 0.6) is 0 Å². The van der Waals surface area contributed by atoms with Crippen LogP contribution in [0.1, 0.15) is 27.9 Å². The minimum Gasteiger partial charge on any atom is -0.266 e. The number of hydrogen-bond donors (Lipinski definition) is 1. The van der Waals surface area contributed by atoms with Crippen molar-refractivity contribution in [1.82, 2.24) is 19.6 Å².